The molecule has 0 unspecified atom stereocenters. The van der Waals surface area contributed by atoms with Crippen molar-refractivity contribution in [2.24, 2.45) is 0 Å². The predicted molar refractivity (Wildman–Crippen MR) is 79.8 cm³/mol. The fraction of sp³-hybridized carbons (Fsp3) is 0.562. The van der Waals surface area contributed by atoms with Crippen molar-refractivity contribution < 1.29 is 23.4 Å². The van der Waals surface area contributed by atoms with Gasteiger partial charge >= 0.3 is 6.09 Å². The molecule has 1 amide bonds. The average Bonchev–Trinajstić information content (AvgIpc) is 2.34. The number of ether oxygens (including phenoxy) is 3. The molecule has 0 saturated heterocycles. The first-order valence-corrected chi connectivity index (χ1v) is 7.26. The summed E-state index contributed by atoms with van der Waals surface area (Å²) < 4.78 is 29.3. The summed E-state index contributed by atoms with van der Waals surface area (Å²) >= 11 is 0. The Morgan fingerprint density at radius 2 is 1.95 bits per heavy atom. The first-order chi connectivity index (χ1) is 10.3. The minimum absolute atomic E-state index is 0.0133. The average molecular weight is 311 g/mol. The largest absolute Gasteiger partial charge is 0.493 e. The molecule has 6 heteroatoms. The van der Waals surface area contributed by atoms with Crippen molar-refractivity contribution in [3.8, 4) is 11.5 Å². The van der Waals surface area contributed by atoms with Crippen LogP contribution in [0.1, 0.15) is 33.6 Å². The Labute approximate surface area is 129 Å². The van der Waals surface area contributed by atoms with Gasteiger partial charge in [-0.05, 0) is 32.9 Å². The molecule has 1 aromatic carbocycles. The highest BCUT2D eigenvalue weighted by Gasteiger charge is 2.33. The summed E-state index contributed by atoms with van der Waals surface area (Å²) in [4.78, 5) is 11.6. The lowest BCUT2D eigenvalue weighted by Crippen LogP contribution is -2.50. The summed E-state index contributed by atoms with van der Waals surface area (Å²) in [5.74, 6) is 0.492. The molecular weight excluding hydrogens is 289 g/mol. The molecule has 0 radical (unpaired) electrons. The first kappa shape index (κ1) is 16.4. The van der Waals surface area contributed by atoms with Gasteiger partial charge in [-0.25, -0.2) is 9.18 Å². The van der Waals surface area contributed by atoms with E-state index < -0.39 is 11.7 Å². The minimum Gasteiger partial charge on any atom is -0.493 e. The fourth-order valence-corrected chi connectivity index (χ4v) is 2.18. The van der Waals surface area contributed by atoms with Crippen LogP contribution in [0.5, 0.6) is 11.5 Å². The Morgan fingerprint density at radius 1 is 1.27 bits per heavy atom. The number of alkyl carbamates (subject to hydrolysis) is 1. The van der Waals surface area contributed by atoms with Gasteiger partial charge in [-0.3, -0.25) is 0 Å². The summed E-state index contributed by atoms with van der Waals surface area (Å²) in [6, 6.07) is 4.16. The summed E-state index contributed by atoms with van der Waals surface area (Å²) in [6.45, 7) is 5.44. The molecule has 0 aromatic heterocycles. The minimum atomic E-state index is -0.515. The van der Waals surface area contributed by atoms with Crippen LogP contribution in [-0.4, -0.2) is 30.9 Å². The van der Waals surface area contributed by atoms with Crippen molar-refractivity contribution >= 4 is 6.09 Å². The zero-order chi connectivity index (χ0) is 16.3. The summed E-state index contributed by atoms with van der Waals surface area (Å²) in [7, 11) is 1.51. The molecular formula is C16H22FNO4. The van der Waals surface area contributed by atoms with Crippen molar-refractivity contribution in [2.75, 3.05) is 7.11 Å². The number of carbonyl (C=O) groups is 1. The Kier molecular flexibility index (Phi) is 4.78. The zero-order valence-corrected chi connectivity index (χ0v) is 13.3. The van der Waals surface area contributed by atoms with Crippen LogP contribution in [0.25, 0.3) is 0 Å². The van der Waals surface area contributed by atoms with Gasteiger partial charge in [0.15, 0.2) is 11.5 Å². The SMILES string of the molecule is COc1ccc(F)cc1OC1CC(NC(=O)OC(C)(C)C)C1. The molecule has 5 nitrogen and oxygen atoms in total. The van der Waals surface area contributed by atoms with E-state index >= 15 is 0 Å². The maximum absolute atomic E-state index is 13.3. The van der Waals surface area contributed by atoms with Gasteiger partial charge in [0.25, 0.3) is 0 Å². The number of benzene rings is 1. The molecule has 1 fully saturated rings. The Bertz CT molecular complexity index is 535. The monoisotopic (exact) mass is 311 g/mol. The van der Waals surface area contributed by atoms with Gasteiger partial charge in [0.2, 0.25) is 0 Å². The van der Waals surface area contributed by atoms with Crippen LogP contribution in [0.3, 0.4) is 0 Å². The van der Waals surface area contributed by atoms with Crippen LogP contribution in [0, 0.1) is 5.82 Å². The zero-order valence-electron chi connectivity index (χ0n) is 13.3. The van der Waals surface area contributed by atoms with E-state index in [1.165, 1.54) is 25.3 Å². The van der Waals surface area contributed by atoms with Crippen LogP contribution in [0.2, 0.25) is 0 Å². The van der Waals surface area contributed by atoms with Gasteiger partial charge in [0.05, 0.1) is 7.11 Å². The lowest BCUT2D eigenvalue weighted by Gasteiger charge is -2.36. The highest BCUT2D eigenvalue weighted by Crippen LogP contribution is 2.33. The number of amides is 1. The molecule has 1 N–H and O–H groups in total. The Balaban J connectivity index is 1.80. The van der Waals surface area contributed by atoms with Crippen molar-refractivity contribution in [3.63, 3.8) is 0 Å². The van der Waals surface area contributed by atoms with E-state index in [9.17, 15) is 9.18 Å². The second kappa shape index (κ2) is 6.42. The van der Waals surface area contributed by atoms with Crippen LogP contribution < -0.4 is 14.8 Å². The van der Waals surface area contributed by atoms with Gasteiger partial charge in [0.1, 0.15) is 17.5 Å². The molecule has 1 aromatic rings. The second-order valence-corrected chi connectivity index (χ2v) is 6.35. The third kappa shape index (κ3) is 4.51. The molecule has 0 spiro atoms. The van der Waals surface area contributed by atoms with Gasteiger partial charge in [0, 0.05) is 24.9 Å². The predicted octanol–water partition coefficient (Wildman–Crippen LogP) is 3.27. The molecule has 122 valence electrons. The number of carbonyl (C=O) groups excluding carboxylic acids is 1. The molecule has 0 atom stereocenters. The third-order valence-electron chi connectivity index (χ3n) is 3.23. The van der Waals surface area contributed by atoms with Crippen molar-refractivity contribution in [1.29, 1.82) is 0 Å². The van der Waals surface area contributed by atoms with E-state index in [1.54, 1.807) is 0 Å². The fourth-order valence-electron chi connectivity index (χ4n) is 2.18. The van der Waals surface area contributed by atoms with Crippen LogP contribution in [0.15, 0.2) is 18.2 Å². The van der Waals surface area contributed by atoms with E-state index in [0.29, 0.717) is 24.3 Å². The molecule has 1 aliphatic rings. The maximum Gasteiger partial charge on any atom is 0.407 e. The smallest absolute Gasteiger partial charge is 0.407 e. The number of hydrogen-bond acceptors (Lipinski definition) is 4. The molecule has 2 rings (SSSR count). The number of nitrogens with one attached hydrogen (secondary N) is 1. The number of methoxy groups -OCH3 is 1. The van der Waals surface area contributed by atoms with E-state index in [1.807, 2.05) is 20.8 Å². The standard InChI is InChI=1S/C16H22FNO4/c1-16(2,3)22-15(19)18-11-8-12(9-11)21-14-7-10(17)5-6-13(14)20-4/h5-7,11-12H,8-9H2,1-4H3,(H,18,19). The maximum atomic E-state index is 13.3. The van der Waals surface area contributed by atoms with Gasteiger partial charge in [-0.15, -0.1) is 0 Å². The molecule has 0 bridgehead atoms. The highest BCUT2D eigenvalue weighted by atomic mass is 19.1. The van der Waals surface area contributed by atoms with Crippen LogP contribution in [0.4, 0.5) is 9.18 Å². The van der Waals surface area contributed by atoms with E-state index in [-0.39, 0.29) is 18.0 Å². The normalized spacial score (nSPS) is 20.8. The first-order valence-electron chi connectivity index (χ1n) is 7.26. The molecule has 22 heavy (non-hydrogen) atoms. The van der Waals surface area contributed by atoms with Crippen molar-refractivity contribution in [1.82, 2.24) is 5.32 Å². The van der Waals surface area contributed by atoms with E-state index in [4.69, 9.17) is 14.2 Å². The summed E-state index contributed by atoms with van der Waals surface area (Å²) in [5, 5.41) is 2.78. The van der Waals surface area contributed by atoms with Gasteiger partial charge < -0.3 is 19.5 Å². The third-order valence-corrected chi connectivity index (χ3v) is 3.23. The van der Waals surface area contributed by atoms with Crippen molar-refractivity contribution in [2.45, 2.75) is 51.4 Å². The van der Waals surface area contributed by atoms with E-state index in [0.717, 1.165) is 0 Å². The lowest BCUT2D eigenvalue weighted by atomic mass is 9.89. The second-order valence-electron chi connectivity index (χ2n) is 6.35. The Hall–Kier alpha value is -1.98. The number of hydrogen-bond donors (Lipinski definition) is 1. The molecule has 0 heterocycles. The molecule has 0 aliphatic heterocycles. The summed E-state index contributed by atoms with van der Waals surface area (Å²) in [5.41, 5.74) is -0.515. The van der Waals surface area contributed by atoms with Gasteiger partial charge in [-0.2, -0.15) is 0 Å². The van der Waals surface area contributed by atoms with Gasteiger partial charge in [-0.1, -0.05) is 0 Å². The van der Waals surface area contributed by atoms with E-state index in [2.05, 4.69) is 5.32 Å². The van der Waals surface area contributed by atoms with Crippen LogP contribution in [-0.2, 0) is 4.74 Å². The quantitative estimate of drug-likeness (QED) is 0.927. The molecule has 1 aliphatic carbocycles. The highest BCUT2D eigenvalue weighted by molar-refractivity contribution is 5.68. The molecule has 1 saturated carbocycles. The topological polar surface area (TPSA) is 56.8 Å². The number of rotatable bonds is 4. The Morgan fingerprint density at radius 3 is 2.55 bits per heavy atom. The van der Waals surface area contributed by atoms with Crippen molar-refractivity contribution in [3.05, 3.63) is 24.0 Å². The van der Waals surface area contributed by atoms with Crippen LogP contribution >= 0.6 is 0 Å². The lowest BCUT2D eigenvalue weighted by molar-refractivity contribution is 0.0357. The summed E-state index contributed by atoms with van der Waals surface area (Å²) in [6.07, 6.45) is 0.799. The number of halogens is 1.